The maximum atomic E-state index is 14.1. The summed E-state index contributed by atoms with van der Waals surface area (Å²) in [4.78, 5) is 6.15. The van der Waals surface area contributed by atoms with E-state index in [1.54, 1.807) is 12.1 Å². The summed E-state index contributed by atoms with van der Waals surface area (Å²) in [7, 11) is 4.49. The van der Waals surface area contributed by atoms with E-state index in [9.17, 15) is 4.39 Å². The molecule has 4 rings (SSSR count). The van der Waals surface area contributed by atoms with Crippen LogP contribution >= 0.6 is 0 Å². The van der Waals surface area contributed by atoms with Gasteiger partial charge in [0, 0.05) is 41.1 Å². The van der Waals surface area contributed by atoms with Crippen LogP contribution < -0.4 is 0 Å². The van der Waals surface area contributed by atoms with Gasteiger partial charge in [-0.15, -0.1) is 0 Å². The second-order valence-corrected chi connectivity index (χ2v) is 9.22. The van der Waals surface area contributed by atoms with Crippen molar-refractivity contribution in [1.29, 1.82) is 0 Å². The normalized spacial score (nSPS) is 22.2. The number of unbranched alkanes of at least 4 members (excludes halogenated alkanes) is 1. The molecule has 0 atom stereocenters. The molecule has 1 saturated carbocycles. The molecule has 1 N–H and O–H groups in total. The number of halogens is 1. The van der Waals surface area contributed by atoms with Crippen LogP contribution in [0.1, 0.15) is 69.0 Å². The average molecular weight is 411 g/mol. The monoisotopic (exact) mass is 410 g/mol. The summed E-state index contributed by atoms with van der Waals surface area (Å²) >= 11 is 0. The van der Waals surface area contributed by atoms with E-state index in [2.05, 4.69) is 36.0 Å². The molecular weight excluding hydrogens is 375 g/mol. The third-order valence-corrected chi connectivity index (χ3v) is 7.32. The number of H-pyrrole nitrogens is 1. The number of fused-ring (bicyclic) bond motifs is 1. The highest BCUT2D eigenvalue weighted by Crippen LogP contribution is 2.44. The van der Waals surface area contributed by atoms with Gasteiger partial charge in [-0.3, -0.25) is 4.68 Å². The van der Waals surface area contributed by atoms with Crippen molar-refractivity contribution in [2.24, 2.45) is 0 Å². The Hall–Kier alpha value is -2.14. The minimum absolute atomic E-state index is 0.164. The highest BCUT2D eigenvalue weighted by atomic mass is 19.1. The summed E-state index contributed by atoms with van der Waals surface area (Å²) in [6.07, 6.45) is 13.3. The molecule has 0 unspecified atom stereocenters. The van der Waals surface area contributed by atoms with Crippen LogP contribution in [0.25, 0.3) is 10.9 Å². The number of hydrogen-bond acceptors (Lipinski definition) is 2. The Labute approximate surface area is 179 Å². The van der Waals surface area contributed by atoms with Gasteiger partial charge < -0.3 is 9.88 Å². The Morgan fingerprint density at radius 1 is 1.27 bits per heavy atom. The summed E-state index contributed by atoms with van der Waals surface area (Å²) in [5.41, 5.74) is 3.98. The standard InChI is InChI=1S/C25H35FN4/c1-4-5-12-25(29(2)3)13-9-19(10-14-25)24-21(11-17-30-16-6-15-27-30)22-18-20(26)7-8-23(22)28-24/h6-8,15-16,18-19,28H,4-5,9-14,17H2,1-3H3. The van der Waals surface area contributed by atoms with Crippen molar-refractivity contribution in [3.05, 3.63) is 53.7 Å². The van der Waals surface area contributed by atoms with E-state index in [1.807, 2.05) is 29.2 Å². The summed E-state index contributed by atoms with van der Waals surface area (Å²) in [5, 5.41) is 5.38. The molecule has 1 aromatic carbocycles. The lowest BCUT2D eigenvalue weighted by atomic mass is 9.72. The van der Waals surface area contributed by atoms with Crippen molar-refractivity contribution >= 4 is 10.9 Å². The van der Waals surface area contributed by atoms with Crippen molar-refractivity contribution in [1.82, 2.24) is 19.7 Å². The van der Waals surface area contributed by atoms with E-state index < -0.39 is 0 Å². The predicted octanol–water partition coefficient (Wildman–Crippen LogP) is 5.89. The molecule has 0 amide bonds. The van der Waals surface area contributed by atoms with Crippen LogP contribution in [-0.4, -0.2) is 39.3 Å². The number of nitrogens with zero attached hydrogens (tertiary/aromatic N) is 3. The molecule has 1 aliphatic rings. The number of nitrogens with one attached hydrogen (secondary N) is 1. The topological polar surface area (TPSA) is 36.9 Å². The number of benzene rings is 1. The first-order chi connectivity index (χ1) is 14.5. The predicted molar refractivity (Wildman–Crippen MR) is 121 cm³/mol. The van der Waals surface area contributed by atoms with E-state index in [0.29, 0.717) is 11.5 Å². The van der Waals surface area contributed by atoms with E-state index in [0.717, 1.165) is 23.9 Å². The first-order valence-corrected chi connectivity index (χ1v) is 11.5. The van der Waals surface area contributed by atoms with Crippen molar-refractivity contribution < 1.29 is 4.39 Å². The van der Waals surface area contributed by atoms with Gasteiger partial charge in [0.25, 0.3) is 0 Å². The molecule has 2 aromatic heterocycles. The zero-order valence-electron chi connectivity index (χ0n) is 18.6. The van der Waals surface area contributed by atoms with Crippen LogP contribution in [0.15, 0.2) is 36.7 Å². The number of rotatable bonds is 8. The van der Waals surface area contributed by atoms with Crippen molar-refractivity contribution in [2.45, 2.75) is 76.3 Å². The van der Waals surface area contributed by atoms with Crippen LogP contribution in [0.2, 0.25) is 0 Å². The molecule has 3 aromatic rings. The summed E-state index contributed by atoms with van der Waals surface area (Å²) in [6.45, 7) is 3.10. The van der Waals surface area contributed by atoms with Crippen LogP contribution in [0.5, 0.6) is 0 Å². The number of hydrogen-bond donors (Lipinski definition) is 1. The van der Waals surface area contributed by atoms with Gasteiger partial charge in [-0.2, -0.15) is 5.10 Å². The molecular formula is C25H35FN4. The van der Waals surface area contributed by atoms with Crippen LogP contribution in [0, 0.1) is 5.82 Å². The first kappa shape index (κ1) is 21.1. The third-order valence-electron chi connectivity index (χ3n) is 7.32. The Kier molecular flexibility index (Phi) is 6.28. The molecule has 0 aliphatic heterocycles. The van der Waals surface area contributed by atoms with Gasteiger partial charge in [0.2, 0.25) is 0 Å². The summed E-state index contributed by atoms with van der Waals surface area (Å²) in [6, 6.07) is 7.10. The second-order valence-electron chi connectivity index (χ2n) is 9.22. The third kappa shape index (κ3) is 4.18. The zero-order valence-corrected chi connectivity index (χ0v) is 18.6. The minimum atomic E-state index is -0.164. The smallest absolute Gasteiger partial charge is 0.123 e. The van der Waals surface area contributed by atoms with Crippen molar-refractivity contribution in [3.8, 4) is 0 Å². The van der Waals surface area contributed by atoms with Gasteiger partial charge >= 0.3 is 0 Å². The number of aromatic nitrogens is 3. The highest BCUT2D eigenvalue weighted by Gasteiger charge is 2.38. The Bertz CT molecular complexity index is 949. The van der Waals surface area contributed by atoms with Crippen molar-refractivity contribution in [2.75, 3.05) is 14.1 Å². The molecule has 0 saturated heterocycles. The fourth-order valence-corrected chi connectivity index (χ4v) is 5.39. The molecule has 30 heavy (non-hydrogen) atoms. The maximum absolute atomic E-state index is 14.1. The van der Waals surface area contributed by atoms with Gasteiger partial charge in [0.15, 0.2) is 0 Å². The molecule has 162 valence electrons. The Morgan fingerprint density at radius 2 is 2.07 bits per heavy atom. The SMILES string of the molecule is CCCCC1(N(C)C)CCC(c2[nH]c3ccc(F)cc3c2CCn2cccn2)CC1. The molecule has 1 aliphatic carbocycles. The minimum Gasteiger partial charge on any atom is -0.358 e. The zero-order chi connectivity index (χ0) is 21.1. The molecule has 5 heteroatoms. The van der Waals surface area contributed by atoms with Gasteiger partial charge in [-0.05, 0) is 88.4 Å². The Balaban J connectivity index is 1.59. The fourth-order valence-electron chi connectivity index (χ4n) is 5.39. The van der Waals surface area contributed by atoms with Gasteiger partial charge in [0.05, 0.1) is 0 Å². The molecule has 0 bridgehead atoms. The van der Waals surface area contributed by atoms with Crippen molar-refractivity contribution in [3.63, 3.8) is 0 Å². The van der Waals surface area contributed by atoms with E-state index in [1.165, 1.54) is 56.2 Å². The number of aryl methyl sites for hydroxylation is 2. The molecule has 0 radical (unpaired) electrons. The highest BCUT2D eigenvalue weighted by molar-refractivity contribution is 5.85. The summed E-state index contributed by atoms with van der Waals surface area (Å²) in [5.74, 6) is 0.353. The Morgan fingerprint density at radius 3 is 2.73 bits per heavy atom. The van der Waals surface area contributed by atoms with Crippen LogP contribution in [-0.2, 0) is 13.0 Å². The number of aromatic amines is 1. The van der Waals surface area contributed by atoms with Gasteiger partial charge in [0.1, 0.15) is 5.82 Å². The van der Waals surface area contributed by atoms with Crippen LogP contribution in [0.3, 0.4) is 0 Å². The quantitative estimate of drug-likeness (QED) is 0.502. The second kappa shape index (κ2) is 8.93. The largest absolute Gasteiger partial charge is 0.358 e. The lowest BCUT2D eigenvalue weighted by Crippen LogP contribution is -2.46. The lowest BCUT2D eigenvalue weighted by molar-refractivity contribution is 0.0802. The lowest BCUT2D eigenvalue weighted by Gasteiger charge is -2.45. The first-order valence-electron chi connectivity index (χ1n) is 11.5. The summed E-state index contributed by atoms with van der Waals surface area (Å²) < 4.78 is 16.0. The average Bonchev–Trinajstić information content (AvgIpc) is 3.38. The van der Waals surface area contributed by atoms with E-state index in [4.69, 9.17) is 0 Å². The molecule has 0 spiro atoms. The fraction of sp³-hybridized carbons (Fsp3) is 0.560. The molecule has 4 nitrogen and oxygen atoms in total. The molecule has 2 heterocycles. The van der Waals surface area contributed by atoms with Crippen LogP contribution in [0.4, 0.5) is 4.39 Å². The van der Waals surface area contributed by atoms with Gasteiger partial charge in [-0.25, -0.2) is 4.39 Å². The maximum Gasteiger partial charge on any atom is 0.123 e. The van der Waals surface area contributed by atoms with E-state index >= 15 is 0 Å². The van der Waals surface area contributed by atoms with E-state index in [-0.39, 0.29) is 5.82 Å². The van der Waals surface area contributed by atoms with Gasteiger partial charge in [-0.1, -0.05) is 19.8 Å². The molecule has 1 fully saturated rings.